The van der Waals surface area contributed by atoms with Gasteiger partial charge in [-0.15, -0.1) is 0 Å². The van der Waals surface area contributed by atoms with Gasteiger partial charge in [-0.1, -0.05) is 22.9 Å². The van der Waals surface area contributed by atoms with Crippen molar-refractivity contribution in [3.63, 3.8) is 0 Å². The standard InChI is InChI=1S/C16H19BrN3O/c1-5-14-11(3)20-19-9-18-15-8-12(16(14)17)7-13(21-4)6-10(15)2/h6-9,12H,5H2,1-4H3/q+1. The molecule has 2 rings (SSSR count). The van der Waals surface area contributed by atoms with Crippen LogP contribution in [-0.2, 0) is 4.74 Å². The van der Waals surface area contributed by atoms with E-state index < -0.39 is 0 Å². The highest BCUT2D eigenvalue weighted by Gasteiger charge is 2.22. The number of hydrogen-bond acceptors (Lipinski definition) is 3. The molecule has 1 atom stereocenters. The van der Waals surface area contributed by atoms with Gasteiger partial charge in [-0.3, -0.25) is 0 Å². The van der Waals surface area contributed by atoms with E-state index in [1.165, 1.54) is 6.34 Å². The first-order valence-corrected chi connectivity index (χ1v) is 7.68. The van der Waals surface area contributed by atoms with Crippen molar-refractivity contribution in [2.45, 2.75) is 27.2 Å². The van der Waals surface area contributed by atoms with E-state index in [0.717, 1.165) is 39.2 Å². The summed E-state index contributed by atoms with van der Waals surface area (Å²) in [6, 6.07) is 0. The van der Waals surface area contributed by atoms with Crippen LogP contribution in [0.3, 0.4) is 0 Å². The van der Waals surface area contributed by atoms with Crippen LogP contribution in [0.1, 0.15) is 27.2 Å². The van der Waals surface area contributed by atoms with Gasteiger partial charge in [-0.2, -0.15) is 0 Å². The smallest absolute Gasteiger partial charge is 0.343 e. The second-order valence-electron chi connectivity index (χ2n) is 4.90. The van der Waals surface area contributed by atoms with Crippen molar-refractivity contribution in [3.05, 3.63) is 45.3 Å². The summed E-state index contributed by atoms with van der Waals surface area (Å²) in [7, 11) is 1.68. The van der Waals surface area contributed by atoms with E-state index >= 15 is 0 Å². The summed E-state index contributed by atoms with van der Waals surface area (Å²) in [5, 5.41) is 4.02. The molecule has 4 nitrogen and oxygen atoms in total. The van der Waals surface area contributed by atoms with Crippen LogP contribution in [0.25, 0.3) is 0 Å². The van der Waals surface area contributed by atoms with Crippen molar-refractivity contribution in [3.8, 4) is 0 Å². The first-order chi connectivity index (χ1) is 10.1. The number of rotatable bonds is 2. The van der Waals surface area contributed by atoms with Gasteiger partial charge in [-0.25, -0.2) is 4.99 Å². The second-order valence-corrected chi connectivity index (χ2v) is 5.76. The van der Waals surface area contributed by atoms with Crippen LogP contribution in [0.4, 0.5) is 0 Å². The van der Waals surface area contributed by atoms with E-state index in [4.69, 9.17) is 4.74 Å². The van der Waals surface area contributed by atoms with Crippen LogP contribution in [0, 0.1) is 5.92 Å². The lowest BCUT2D eigenvalue weighted by Crippen LogP contribution is -2.06. The Balaban J connectivity index is 2.68. The van der Waals surface area contributed by atoms with Crippen LogP contribution in [-0.4, -0.2) is 23.9 Å². The lowest BCUT2D eigenvalue weighted by molar-refractivity contribution is -0.0721. The van der Waals surface area contributed by atoms with E-state index in [2.05, 4.69) is 49.9 Å². The van der Waals surface area contributed by atoms with Crippen molar-refractivity contribution < 1.29 is 9.53 Å². The van der Waals surface area contributed by atoms with Crippen LogP contribution < -0.4 is 0 Å². The fraction of sp³-hybridized carbons (Fsp3) is 0.375. The van der Waals surface area contributed by atoms with Crippen LogP contribution in [0.2, 0.25) is 0 Å². The summed E-state index contributed by atoms with van der Waals surface area (Å²) in [6.07, 6.45) is 8.56. The number of ether oxygens (including phenoxy) is 1. The zero-order chi connectivity index (χ0) is 15.4. The van der Waals surface area contributed by atoms with Gasteiger partial charge in [-0.05, 0) is 37.1 Å². The predicted octanol–water partition coefficient (Wildman–Crippen LogP) is 4.20. The Hall–Kier alpha value is -1.71. The Kier molecular flexibility index (Phi) is 5.10. The molecule has 1 aliphatic carbocycles. The number of hydrogen-bond donors (Lipinski definition) is 0. The van der Waals surface area contributed by atoms with Crippen LogP contribution in [0.5, 0.6) is 0 Å². The third-order valence-corrected chi connectivity index (χ3v) is 4.51. The number of nitrogens with zero attached hydrogens (tertiary/aromatic N) is 3. The third kappa shape index (κ3) is 3.49. The first-order valence-electron chi connectivity index (χ1n) is 6.89. The zero-order valence-electron chi connectivity index (χ0n) is 12.7. The molecule has 0 aromatic carbocycles. The molecular weight excluding hydrogens is 330 g/mol. The van der Waals surface area contributed by atoms with E-state index in [0.29, 0.717) is 0 Å². The predicted molar refractivity (Wildman–Crippen MR) is 88.5 cm³/mol. The number of fused-ring (bicyclic) bond motifs is 1. The minimum Gasteiger partial charge on any atom is -0.497 e. The minimum atomic E-state index is 0.0685. The molecule has 0 aromatic heterocycles. The maximum atomic E-state index is 5.44. The fourth-order valence-corrected chi connectivity index (χ4v) is 3.17. The fourth-order valence-electron chi connectivity index (χ4n) is 2.34. The topological polar surface area (TPSA) is 48.1 Å². The average Bonchev–Trinajstić information content (AvgIpc) is 2.62. The Morgan fingerprint density at radius 1 is 1.33 bits per heavy atom. The molecule has 0 saturated carbocycles. The molecule has 1 unspecified atom stereocenters. The molecule has 0 N–H and O–H groups in total. The summed E-state index contributed by atoms with van der Waals surface area (Å²) in [6.45, 7) is 6.09. The summed E-state index contributed by atoms with van der Waals surface area (Å²) >= 11 is 3.74. The highest BCUT2D eigenvalue weighted by molar-refractivity contribution is 9.11. The van der Waals surface area contributed by atoms with E-state index in [1.54, 1.807) is 7.11 Å². The monoisotopic (exact) mass is 348 g/mol. The molecule has 0 radical (unpaired) electrons. The molecule has 5 heteroatoms. The minimum absolute atomic E-state index is 0.0685. The molecule has 1 heterocycles. The van der Waals surface area contributed by atoms with Crippen molar-refractivity contribution in [1.29, 1.82) is 0 Å². The van der Waals surface area contributed by atoms with Crippen LogP contribution >= 0.6 is 15.9 Å². The quantitative estimate of drug-likeness (QED) is 0.689. The molecule has 2 aliphatic rings. The second kappa shape index (κ2) is 6.83. The first kappa shape index (κ1) is 15.7. The Morgan fingerprint density at radius 2 is 2.10 bits per heavy atom. The van der Waals surface area contributed by atoms with Gasteiger partial charge in [0.15, 0.2) is 0 Å². The van der Waals surface area contributed by atoms with Gasteiger partial charge in [0.1, 0.15) is 10.9 Å². The van der Waals surface area contributed by atoms with Crippen LogP contribution in [0.15, 0.2) is 55.4 Å². The molecule has 0 amide bonds. The van der Waals surface area contributed by atoms with Gasteiger partial charge < -0.3 is 4.74 Å². The lowest BCUT2D eigenvalue weighted by Gasteiger charge is -2.11. The van der Waals surface area contributed by atoms with Gasteiger partial charge >= 0.3 is 5.71 Å². The van der Waals surface area contributed by atoms with E-state index in [9.17, 15) is 0 Å². The highest BCUT2D eigenvalue weighted by Crippen LogP contribution is 2.32. The summed E-state index contributed by atoms with van der Waals surface area (Å²) in [5.74, 6) is 0.899. The third-order valence-electron chi connectivity index (χ3n) is 3.51. The molecule has 21 heavy (non-hydrogen) atoms. The maximum absolute atomic E-state index is 5.44. The molecule has 2 bridgehead atoms. The largest absolute Gasteiger partial charge is 0.497 e. The molecule has 110 valence electrons. The van der Waals surface area contributed by atoms with Crippen molar-refractivity contribution in [2.24, 2.45) is 16.0 Å². The van der Waals surface area contributed by atoms with Gasteiger partial charge in [0, 0.05) is 17.3 Å². The van der Waals surface area contributed by atoms with Gasteiger partial charge in [0.25, 0.3) is 0 Å². The molecule has 0 spiro atoms. The average molecular weight is 349 g/mol. The van der Waals surface area contributed by atoms with Gasteiger partial charge in [0.05, 0.1) is 23.2 Å². The normalized spacial score (nSPS) is 22.0. The maximum Gasteiger partial charge on any atom is 0.343 e. The molecular formula is C16H19BrN3O+. The molecule has 0 saturated heterocycles. The van der Waals surface area contributed by atoms with Crippen molar-refractivity contribution >= 4 is 28.0 Å². The lowest BCUT2D eigenvalue weighted by atomic mass is 9.99. The van der Waals surface area contributed by atoms with E-state index in [-0.39, 0.29) is 5.92 Å². The van der Waals surface area contributed by atoms with Crippen molar-refractivity contribution in [1.82, 2.24) is 0 Å². The van der Waals surface area contributed by atoms with Crippen molar-refractivity contribution in [2.75, 3.05) is 7.11 Å². The Bertz CT molecular complexity index is 659. The Morgan fingerprint density at radius 3 is 2.76 bits per heavy atom. The Labute approximate surface area is 133 Å². The number of halogens is 1. The van der Waals surface area contributed by atoms with Gasteiger partial charge in [0.2, 0.25) is 6.34 Å². The highest BCUT2D eigenvalue weighted by atomic mass is 79.9. The molecule has 0 fully saturated rings. The summed E-state index contributed by atoms with van der Waals surface area (Å²) in [5.41, 5.74) is 3.97. The molecule has 0 aromatic rings. The number of allylic oxidation sites excluding steroid dienone is 6. The zero-order valence-corrected chi connectivity index (χ0v) is 14.3. The van der Waals surface area contributed by atoms with E-state index in [1.807, 2.05) is 19.9 Å². The SMILES string of the molecule is CCC1=C(Br)C2C=C(OC)C=C(C)C(=C2)N=CN=[N+]=C1C. The molecule has 1 aliphatic heterocycles. The number of aliphatic imine (C=N–C) groups is 1. The number of methoxy groups -OCH3 is 1. The summed E-state index contributed by atoms with van der Waals surface area (Å²) < 4.78 is 6.52. The summed E-state index contributed by atoms with van der Waals surface area (Å²) in [4.78, 5) is 8.61.